The Bertz CT molecular complexity index is 311. The summed E-state index contributed by atoms with van der Waals surface area (Å²) in [4.78, 5) is 4.11. The Balaban J connectivity index is 0.000000673. The molecule has 0 fully saturated rings. The number of hydrogen-bond acceptors (Lipinski definition) is 2. The fourth-order valence-corrected chi connectivity index (χ4v) is 0.917. The molecule has 0 heterocycles. The first kappa shape index (κ1) is 15.8. The molecule has 0 aliphatic heterocycles. The number of para-hydroxylation sites is 1. The van der Waals surface area contributed by atoms with Crippen molar-refractivity contribution >= 4 is 25.9 Å². The van der Waals surface area contributed by atoms with Crippen LogP contribution in [-0.4, -0.2) is 31.5 Å². The van der Waals surface area contributed by atoms with Crippen LogP contribution in [0.15, 0.2) is 29.3 Å². The van der Waals surface area contributed by atoms with Crippen LogP contribution in [-0.2, 0) is 14.4 Å². The van der Waals surface area contributed by atoms with Crippen molar-refractivity contribution in [2.24, 2.45) is 4.99 Å². The van der Waals surface area contributed by atoms with Gasteiger partial charge < -0.3 is 10.4 Å². The van der Waals surface area contributed by atoms with Crippen LogP contribution in [0.3, 0.4) is 0 Å². The van der Waals surface area contributed by atoms with E-state index in [2.05, 4.69) is 10.3 Å². The van der Waals surface area contributed by atoms with E-state index in [4.69, 9.17) is 19.7 Å². The second-order valence-electron chi connectivity index (χ2n) is 2.70. The van der Waals surface area contributed by atoms with Crippen LogP contribution in [0.5, 0.6) is 5.75 Å². The molecule has 0 saturated heterocycles. The molecule has 0 bridgehead atoms. The van der Waals surface area contributed by atoms with Crippen molar-refractivity contribution in [1.29, 1.82) is 0 Å². The van der Waals surface area contributed by atoms with Gasteiger partial charge in [-0.15, -0.1) is 6.54 Å². The van der Waals surface area contributed by atoms with Gasteiger partial charge in [-0.3, -0.25) is 4.99 Å². The third-order valence-electron chi connectivity index (χ3n) is 1.62. The van der Waals surface area contributed by atoms with Gasteiger partial charge in [0.1, 0.15) is 5.75 Å². The molecule has 1 rings (SSSR count). The Morgan fingerprint density at radius 3 is 2.62 bits per heavy atom. The van der Waals surface area contributed by atoms with Crippen LogP contribution >= 0.6 is 19.7 Å². The van der Waals surface area contributed by atoms with E-state index in [-0.39, 0.29) is 20.1 Å². The molecule has 1 aromatic rings. The van der Waals surface area contributed by atoms with Gasteiger partial charge in [0, 0.05) is 18.3 Å². The monoisotopic (exact) mass is 298 g/mol. The molecule has 0 saturated carbocycles. The van der Waals surface area contributed by atoms with Gasteiger partial charge in [-0.1, -0.05) is 12.1 Å². The normalized spacial score (nSPS) is 9.69. The Morgan fingerprint density at radius 1 is 1.44 bits per heavy atom. The predicted molar refractivity (Wildman–Crippen MR) is 66.4 cm³/mol. The number of benzene rings is 1. The van der Waals surface area contributed by atoms with Gasteiger partial charge in [-0.25, -0.2) is 0 Å². The van der Waals surface area contributed by atoms with Gasteiger partial charge in [-0.2, -0.15) is 7.05 Å². The van der Waals surface area contributed by atoms with Crippen LogP contribution in [0.1, 0.15) is 5.56 Å². The molecular formula is C10H13Cl2N2OV-. The molecule has 0 aliphatic rings. The minimum atomic E-state index is -0.368. The molecule has 6 heteroatoms. The van der Waals surface area contributed by atoms with Crippen molar-refractivity contribution in [2.45, 2.75) is 0 Å². The van der Waals surface area contributed by atoms with Crippen LogP contribution in [0.25, 0.3) is 5.32 Å². The summed E-state index contributed by atoms with van der Waals surface area (Å²) in [7, 11) is 11.5. The summed E-state index contributed by atoms with van der Waals surface area (Å²) in [5.41, 5.74) is 0.749. The van der Waals surface area contributed by atoms with E-state index < -0.39 is 0 Å². The number of aromatic hydroxyl groups is 1. The van der Waals surface area contributed by atoms with E-state index in [0.29, 0.717) is 6.54 Å². The number of nitrogens with zero attached hydrogens (tertiary/aromatic N) is 2. The standard InChI is InChI=1S/C10H13N2O.2ClH.V/c1-11-6-7-12-8-9-4-2-3-5-10(9)13;;;/h2-5,8,13H,6-7H2,1H3;2*1H;/q-1;;;+2/p-2. The fraction of sp³-hybridized carbons (Fsp3) is 0.300. The molecule has 89 valence electrons. The number of phenols is 1. The molecule has 0 unspecified atom stereocenters. The Hall–Kier alpha value is -0.186. The summed E-state index contributed by atoms with van der Waals surface area (Å²) in [5.74, 6) is 0.264. The zero-order valence-corrected chi connectivity index (χ0v) is 11.8. The van der Waals surface area contributed by atoms with Gasteiger partial charge in [0.25, 0.3) is 0 Å². The molecule has 3 nitrogen and oxygen atoms in total. The predicted octanol–water partition coefficient (Wildman–Crippen LogP) is 3.19. The second-order valence-corrected chi connectivity index (χ2v) is 5.00. The zero-order valence-electron chi connectivity index (χ0n) is 8.85. The van der Waals surface area contributed by atoms with E-state index in [1.807, 2.05) is 12.1 Å². The van der Waals surface area contributed by atoms with E-state index in [0.717, 1.165) is 12.1 Å². The number of aliphatic imine (C=N–C) groups is 1. The fourth-order valence-electron chi connectivity index (χ4n) is 0.917. The summed E-state index contributed by atoms with van der Waals surface area (Å²) in [6, 6.07) is 7.12. The first-order valence-electron chi connectivity index (χ1n) is 4.52. The van der Waals surface area contributed by atoms with Gasteiger partial charge in [0.05, 0.1) is 0 Å². The molecule has 0 atom stereocenters. The maximum absolute atomic E-state index is 9.35. The number of halogens is 2. The molecule has 0 aliphatic carbocycles. The van der Waals surface area contributed by atoms with Gasteiger partial charge in [0.15, 0.2) is 0 Å². The van der Waals surface area contributed by atoms with Crippen LogP contribution in [0.4, 0.5) is 0 Å². The molecule has 0 amide bonds. The van der Waals surface area contributed by atoms with Crippen molar-refractivity contribution in [3.63, 3.8) is 0 Å². The third-order valence-corrected chi connectivity index (χ3v) is 1.62. The molecular weight excluding hydrogens is 286 g/mol. The van der Waals surface area contributed by atoms with Crippen LogP contribution in [0.2, 0.25) is 0 Å². The molecule has 0 spiro atoms. The first-order chi connectivity index (χ1) is 7.76. The number of likely N-dealkylation sites (N-methyl/N-ethyl adjacent to an activating group) is 1. The van der Waals surface area contributed by atoms with Gasteiger partial charge >= 0.3 is 34.1 Å². The molecule has 0 aromatic heterocycles. The topological polar surface area (TPSA) is 46.7 Å². The number of phenolic OH excluding ortho intramolecular Hbond substituents is 1. The van der Waals surface area contributed by atoms with Crippen molar-refractivity contribution in [1.82, 2.24) is 0 Å². The Kier molecular flexibility index (Phi) is 11.2. The summed E-state index contributed by atoms with van der Waals surface area (Å²) in [6.45, 7) is 1.40. The van der Waals surface area contributed by atoms with Crippen LogP contribution < -0.4 is 0 Å². The summed E-state index contributed by atoms with van der Waals surface area (Å²) >= 11 is -0.368. The molecule has 16 heavy (non-hydrogen) atoms. The first-order valence-corrected chi connectivity index (χ1v) is 8.36. The molecule has 0 radical (unpaired) electrons. The Labute approximate surface area is 111 Å². The van der Waals surface area contributed by atoms with Crippen molar-refractivity contribution in [3.05, 3.63) is 35.1 Å². The van der Waals surface area contributed by atoms with E-state index in [1.165, 1.54) is 0 Å². The van der Waals surface area contributed by atoms with E-state index >= 15 is 0 Å². The zero-order chi connectivity index (χ0) is 12.2. The minimum absolute atomic E-state index is 0.264. The van der Waals surface area contributed by atoms with Crippen molar-refractivity contribution < 1.29 is 19.5 Å². The van der Waals surface area contributed by atoms with Crippen molar-refractivity contribution in [2.75, 3.05) is 20.1 Å². The average Bonchev–Trinajstić information content (AvgIpc) is 2.28. The average molecular weight is 299 g/mol. The Morgan fingerprint density at radius 2 is 2.06 bits per heavy atom. The maximum atomic E-state index is 9.35. The molecule has 1 aromatic carbocycles. The number of rotatable bonds is 4. The van der Waals surface area contributed by atoms with Gasteiger partial charge in [0.2, 0.25) is 0 Å². The SMILES string of the molecule is C[N-]CCN=Cc1ccccc1O.[Cl][V][Cl]. The van der Waals surface area contributed by atoms with Gasteiger partial charge in [-0.05, 0) is 12.1 Å². The number of hydrogen-bond donors (Lipinski definition) is 1. The summed E-state index contributed by atoms with van der Waals surface area (Å²) < 4.78 is 0. The van der Waals surface area contributed by atoms with Crippen LogP contribution in [0, 0.1) is 0 Å². The second kappa shape index (κ2) is 11.3. The summed E-state index contributed by atoms with van der Waals surface area (Å²) in [6.07, 6.45) is 1.67. The van der Waals surface area contributed by atoms with Crippen molar-refractivity contribution in [3.8, 4) is 5.75 Å². The molecule has 1 N–H and O–H groups in total. The van der Waals surface area contributed by atoms with E-state index in [9.17, 15) is 5.11 Å². The quantitative estimate of drug-likeness (QED) is 0.673. The summed E-state index contributed by atoms with van der Waals surface area (Å²) in [5, 5.41) is 13.3. The third kappa shape index (κ3) is 8.02. The van der Waals surface area contributed by atoms with E-state index in [1.54, 1.807) is 25.4 Å².